The van der Waals surface area contributed by atoms with Gasteiger partial charge in [0.05, 0.1) is 31.5 Å². The minimum Gasteiger partial charge on any atom is -0.476 e. The number of esters is 1. The Kier molecular flexibility index (Phi) is 6.04. The third-order valence-corrected chi connectivity index (χ3v) is 6.86. The Balaban J connectivity index is 1.82. The third-order valence-electron chi connectivity index (χ3n) is 5.71. The number of carbonyl (C=O) groups is 2. The highest BCUT2D eigenvalue weighted by Gasteiger charge is 2.39. The number of likely N-dealkylation sites (tertiary alicyclic amines) is 1. The molecule has 3 rings (SSSR count). The van der Waals surface area contributed by atoms with Gasteiger partial charge in [-0.05, 0) is 36.0 Å². The molecule has 0 aromatic heterocycles. The summed E-state index contributed by atoms with van der Waals surface area (Å²) < 4.78 is 37.0. The second-order valence-electron chi connectivity index (χ2n) is 8.96. The summed E-state index contributed by atoms with van der Waals surface area (Å²) in [5.74, 6) is -0.363. The summed E-state index contributed by atoms with van der Waals surface area (Å²) in [5, 5.41) is 0. The number of hydrogen-bond acceptors (Lipinski definition) is 6. The number of carbonyl (C=O) groups excluding carboxylic acids is 2. The average molecular weight is 439 g/mol. The highest BCUT2D eigenvalue weighted by atomic mass is 32.2. The molecule has 1 fully saturated rings. The molecule has 0 unspecified atom stereocenters. The van der Waals surface area contributed by atoms with Crippen molar-refractivity contribution in [2.75, 3.05) is 37.3 Å². The van der Waals surface area contributed by atoms with Crippen molar-refractivity contribution in [1.82, 2.24) is 4.90 Å². The van der Waals surface area contributed by atoms with Crippen molar-refractivity contribution in [3.8, 4) is 5.75 Å². The zero-order chi connectivity index (χ0) is 22.3. The zero-order valence-electron chi connectivity index (χ0n) is 18.2. The predicted octanol–water partition coefficient (Wildman–Crippen LogP) is 1.92. The molecule has 0 saturated carbocycles. The van der Waals surface area contributed by atoms with Crippen LogP contribution in [0, 0.1) is 5.92 Å². The molecule has 0 bridgehead atoms. The summed E-state index contributed by atoms with van der Waals surface area (Å²) in [7, 11) is -2.24. The Hall–Kier alpha value is -2.29. The van der Waals surface area contributed by atoms with Crippen molar-refractivity contribution in [1.29, 1.82) is 0 Å². The monoisotopic (exact) mass is 438 g/mol. The van der Waals surface area contributed by atoms with Crippen molar-refractivity contribution in [2.24, 2.45) is 5.92 Å². The molecule has 1 aromatic carbocycles. The fraction of sp³-hybridized carbons (Fsp3) is 0.619. The average Bonchev–Trinajstić information content (AvgIpc) is 2.70. The first kappa shape index (κ1) is 22.4. The quantitative estimate of drug-likeness (QED) is 0.670. The number of rotatable bonds is 3. The van der Waals surface area contributed by atoms with Crippen molar-refractivity contribution in [2.45, 2.75) is 45.1 Å². The lowest BCUT2D eigenvalue weighted by molar-refractivity contribution is -0.150. The molecule has 30 heavy (non-hydrogen) atoms. The van der Waals surface area contributed by atoms with Crippen LogP contribution < -0.4 is 9.04 Å². The summed E-state index contributed by atoms with van der Waals surface area (Å²) in [5.41, 5.74) is 1.28. The van der Waals surface area contributed by atoms with Crippen LogP contribution >= 0.6 is 0 Å². The maximum absolute atomic E-state index is 13.1. The van der Waals surface area contributed by atoms with Gasteiger partial charge in [-0.25, -0.2) is 8.42 Å². The molecule has 1 saturated heterocycles. The standard InChI is InChI=1S/C21H30N2O6S/c1-21(2,3)15-6-7-17-16(12-15)23(30(5,26)27)13-18(29-17)19(24)22-10-8-14(9-11-22)20(25)28-4/h6-7,12,14,18H,8-11,13H2,1-5H3/t18-/m1/s1. The number of anilines is 1. The van der Waals surface area contributed by atoms with E-state index < -0.39 is 16.1 Å². The number of piperidine rings is 1. The number of fused-ring (bicyclic) bond motifs is 1. The molecule has 166 valence electrons. The molecule has 1 atom stereocenters. The van der Waals surface area contributed by atoms with Crippen LogP contribution in [0.4, 0.5) is 5.69 Å². The van der Waals surface area contributed by atoms with E-state index in [9.17, 15) is 18.0 Å². The topological polar surface area (TPSA) is 93.2 Å². The van der Waals surface area contributed by atoms with Gasteiger partial charge in [0.1, 0.15) is 5.75 Å². The van der Waals surface area contributed by atoms with Crippen LogP contribution in [-0.2, 0) is 29.8 Å². The number of benzene rings is 1. The Morgan fingerprint density at radius 1 is 1.17 bits per heavy atom. The lowest BCUT2D eigenvalue weighted by Gasteiger charge is -2.38. The van der Waals surface area contributed by atoms with Gasteiger partial charge in [0.25, 0.3) is 5.91 Å². The fourth-order valence-electron chi connectivity index (χ4n) is 3.87. The number of sulfonamides is 1. The van der Waals surface area contributed by atoms with Crippen molar-refractivity contribution < 1.29 is 27.5 Å². The number of amides is 1. The largest absolute Gasteiger partial charge is 0.476 e. The number of ether oxygens (including phenoxy) is 2. The molecule has 9 heteroatoms. The molecular formula is C21H30N2O6S. The third kappa shape index (κ3) is 4.55. The van der Waals surface area contributed by atoms with E-state index in [0.29, 0.717) is 37.4 Å². The van der Waals surface area contributed by atoms with Crippen molar-refractivity contribution >= 4 is 27.6 Å². The molecule has 0 N–H and O–H groups in total. The predicted molar refractivity (Wildman–Crippen MR) is 113 cm³/mol. The second kappa shape index (κ2) is 8.09. The number of methoxy groups -OCH3 is 1. The normalized spacial score (nSPS) is 20.4. The molecule has 1 aromatic rings. The van der Waals surface area contributed by atoms with E-state index in [1.807, 2.05) is 32.9 Å². The zero-order valence-corrected chi connectivity index (χ0v) is 19.0. The second-order valence-corrected chi connectivity index (χ2v) is 10.9. The van der Waals surface area contributed by atoms with Gasteiger partial charge in [-0.1, -0.05) is 26.8 Å². The van der Waals surface area contributed by atoms with Crippen LogP contribution in [0.15, 0.2) is 18.2 Å². The van der Waals surface area contributed by atoms with Crippen molar-refractivity contribution in [3.63, 3.8) is 0 Å². The van der Waals surface area contributed by atoms with Gasteiger partial charge in [-0.2, -0.15) is 0 Å². The molecule has 0 aliphatic carbocycles. The van der Waals surface area contributed by atoms with Gasteiger partial charge in [0.15, 0.2) is 6.10 Å². The summed E-state index contributed by atoms with van der Waals surface area (Å²) in [6.45, 7) is 6.89. The molecule has 0 radical (unpaired) electrons. The van der Waals surface area contributed by atoms with Gasteiger partial charge in [0, 0.05) is 13.1 Å². The van der Waals surface area contributed by atoms with Gasteiger partial charge in [-0.15, -0.1) is 0 Å². The van der Waals surface area contributed by atoms with Crippen LogP contribution in [0.25, 0.3) is 0 Å². The fourth-order valence-corrected chi connectivity index (χ4v) is 4.77. The van der Waals surface area contributed by atoms with Crippen molar-refractivity contribution in [3.05, 3.63) is 23.8 Å². The number of nitrogens with zero attached hydrogens (tertiary/aromatic N) is 2. The first-order chi connectivity index (χ1) is 13.9. The van der Waals surface area contributed by atoms with Gasteiger partial charge in [-0.3, -0.25) is 13.9 Å². The van der Waals surface area contributed by atoms with Gasteiger partial charge < -0.3 is 14.4 Å². The van der Waals surface area contributed by atoms with E-state index in [4.69, 9.17) is 9.47 Å². The Morgan fingerprint density at radius 3 is 2.33 bits per heavy atom. The minimum atomic E-state index is -3.60. The van der Waals surface area contributed by atoms with E-state index >= 15 is 0 Å². The summed E-state index contributed by atoms with van der Waals surface area (Å²) in [4.78, 5) is 26.4. The lowest BCUT2D eigenvalue weighted by atomic mass is 9.86. The molecule has 2 aliphatic heterocycles. The number of hydrogen-bond donors (Lipinski definition) is 0. The maximum Gasteiger partial charge on any atom is 0.308 e. The van der Waals surface area contributed by atoms with E-state index in [1.54, 1.807) is 11.0 Å². The van der Waals surface area contributed by atoms with E-state index in [2.05, 4.69) is 0 Å². The minimum absolute atomic E-state index is 0.0742. The first-order valence-corrected chi connectivity index (χ1v) is 11.9. The van der Waals surface area contributed by atoms with E-state index in [0.717, 1.165) is 11.8 Å². The molecule has 2 heterocycles. The van der Waals surface area contributed by atoms with E-state index in [1.165, 1.54) is 11.4 Å². The van der Waals surface area contributed by atoms with Crippen LogP contribution in [0.5, 0.6) is 5.75 Å². The molecular weight excluding hydrogens is 408 g/mol. The summed E-state index contributed by atoms with van der Waals surface area (Å²) in [6.07, 6.45) is 1.25. The first-order valence-electron chi connectivity index (χ1n) is 10.1. The summed E-state index contributed by atoms with van der Waals surface area (Å²) in [6, 6.07) is 5.45. The highest BCUT2D eigenvalue weighted by molar-refractivity contribution is 7.92. The highest BCUT2D eigenvalue weighted by Crippen LogP contribution is 2.39. The summed E-state index contributed by atoms with van der Waals surface area (Å²) >= 11 is 0. The molecule has 0 spiro atoms. The molecule has 8 nitrogen and oxygen atoms in total. The molecule has 1 amide bonds. The maximum atomic E-state index is 13.1. The van der Waals surface area contributed by atoms with Crippen LogP contribution in [0.1, 0.15) is 39.2 Å². The Bertz CT molecular complexity index is 929. The van der Waals surface area contributed by atoms with Gasteiger partial charge in [0.2, 0.25) is 10.0 Å². The smallest absolute Gasteiger partial charge is 0.308 e. The SMILES string of the molecule is COC(=O)C1CCN(C(=O)[C@H]2CN(S(C)(=O)=O)c3cc(C(C)(C)C)ccc3O2)CC1. The Morgan fingerprint density at radius 2 is 1.80 bits per heavy atom. The van der Waals surface area contributed by atoms with Crippen LogP contribution in [0.2, 0.25) is 0 Å². The van der Waals surface area contributed by atoms with E-state index in [-0.39, 0.29) is 29.8 Å². The lowest BCUT2D eigenvalue weighted by Crippen LogP contribution is -2.53. The van der Waals surface area contributed by atoms with Crippen LogP contribution in [-0.4, -0.2) is 64.3 Å². The Labute approximate surface area is 178 Å². The van der Waals surface area contributed by atoms with Crippen LogP contribution in [0.3, 0.4) is 0 Å². The molecule has 2 aliphatic rings. The van der Waals surface area contributed by atoms with Gasteiger partial charge >= 0.3 is 5.97 Å².